The van der Waals surface area contributed by atoms with Crippen LogP contribution in [-0.2, 0) is 10.9 Å². The Labute approximate surface area is 145 Å². The van der Waals surface area contributed by atoms with Crippen molar-refractivity contribution in [1.29, 1.82) is 0 Å². The highest BCUT2D eigenvalue weighted by molar-refractivity contribution is 5.88. The zero-order valence-electron chi connectivity index (χ0n) is 14.6. The molecular formula is C18H23F3N2O2. The number of phenolic OH excluding ortho intramolecular Hbond substituents is 1. The third-order valence-electron chi connectivity index (χ3n) is 4.30. The predicted molar refractivity (Wildman–Crippen MR) is 91.5 cm³/mol. The second kappa shape index (κ2) is 7.91. The lowest BCUT2D eigenvalue weighted by Crippen LogP contribution is -2.32. The van der Waals surface area contributed by atoms with Crippen LogP contribution < -0.4 is 5.32 Å². The highest BCUT2D eigenvalue weighted by Gasteiger charge is 2.34. The molecule has 1 heterocycles. The zero-order chi connectivity index (χ0) is 18.6. The lowest BCUT2D eigenvalue weighted by atomic mass is 10.0. The second-order valence-electron chi connectivity index (χ2n) is 6.02. The van der Waals surface area contributed by atoms with Crippen LogP contribution >= 0.6 is 0 Å². The number of halogens is 3. The van der Waals surface area contributed by atoms with Gasteiger partial charge in [0.15, 0.2) is 0 Å². The SMILES string of the molecule is CC/C(C)=C(/N=C(\OC)C1CCCN1)c1ccc(O)c(C(F)(F)F)c1. The first-order chi connectivity index (χ1) is 11.8. The fraction of sp³-hybridized carbons (Fsp3) is 0.500. The van der Waals surface area contributed by atoms with Crippen molar-refractivity contribution in [1.82, 2.24) is 5.32 Å². The molecule has 0 aliphatic carbocycles. The van der Waals surface area contributed by atoms with E-state index in [1.165, 1.54) is 13.2 Å². The van der Waals surface area contributed by atoms with E-state index in [2.05, 4.69) is 10.3 Å². The first-order valence-electron chi connectivity index (χ1n) is 8.24. The molecule has 0 spiro atoms. The molecule has 1 atom stereocenters. The van der Waals surface area contributed by atoms with Crippen LogP contribution in [0.4, 0.5) is 13.2 Å². The molecule has 4 nitrogen and oxygen atoms in total. The third-order valence-corrected chi connectivity index (χ3v) is 4.30. The summed E-state index contributed by atoms with van der Waals surface area (Å²) in [5.41, 5.74) is 0.515. The number of hydrogen-bond acceptors (Lipinski definition) is 4. The van der Waals surface area contributed by atoms with Crippen molar-refractivity contribution in [3.8, 4) is 5.75 Å². The number of benzene rings is 1. The summed E-state index contributed by atoms with van der Waals surface area (Å²) in [4.78, 5) is 4.53. The van der Waals surface area contributed by atoms with Gasteiger partial charge in [-0.05, 0) is 56.5 Å². The second-order valence-corrected chi connectivity index (χ2v) is 6.02. The Bertz CT molecular complexity index is 675. The van der Waals surface area contributed by atoms with Crippen LogP contribution in [0.25, 0.3) is 5.70 Å². The van der Waals surface area contributed by atoms with Gasteiger partial charge in [-0.2, -0.15) is 13.2 Å². The standard InChI is InChI=1S/C18H23F3N2O2/c1-4-11(2)16(23-17(25-3)14-6-5-9-22-14)12-7-8-15(24)13(10-12)18(19,20)21/h7-8,10,14,22,24H,4-6,9H2,1-3H3/b16-11+,23-17-. The van der Waals surface area contributed by atoms with Gasteiger partial charge in [-0.25, -0.2) is 4.99 Å². The lowest BCUT2D eigenvalue weighted by Gasteiger charge is -2.16. The third kappa shape index (κ3) is 4.54. The van der Waals surface area contributed by atoms with Crippen LogP contribution in [0.5, 0.6) is 5.75 Å². The van der Waals surface area contributed by atoms with Crippen molar-refractivity contribution in [3.05, 3.63) is 34.9 Å². The van der Waals surface area contributed by atoms with Gasteiger partial charge in [0.1, 0.15) is 5.75 Å². The van der Waals surface area contributed by atoms with Crippen molar-refractivity contribution in [3.63, 3.8) is 0 Å². The number of aliphatic imine (C=N–C) groups is 1. The van der Waals surface area contributed by atoms with Crippen molar-refractivity contribution in [2.24, 2.45) is 4.99 Å². The topological polar surface area (TPSA) is 53.8 Å². The maximum absolute atomic E-state index is 13.1. The van der Waals surface area contributed by atoms with E-state index < -0.39 is 17.5 Å². The smallest absolute Gasteiger partial charge is 0.419 e. The number of aromatic hydroxyl groups is 1. The summed E-state index contributed by atoms with van der Waals surface area (Å²) in [6.45, 7) is 4.60. The van der Waals surface area contributed by atoms with E-state index in [-0.39, 0.29) is 6.04 Å². The fourth-order valence-corrected chi connectivity index (χ4v) is 2.76. The van der Waals surface area contributed by atoms with Crippen LogP contribution in [0, 0.1) is 0 Å². The molecule has 138 valence electrons. The number of allylic oxidation sites excluding steroid dienone is 1. The number of alkyl halides is 3. The first kappa shape index (κ1) is 19.3. The molecule has 7 heteroatoms. The quantitative estimate of drug-likeness (QED) is 0.623. The largest absolute Gasteiger partial charge is 0.507 e. The molecule has 0 aromatic heterocycles. The monoisotopic (exact) mass is 356 g/mol. The summed E-state index contributed by atoms with van der Waals surface area (Å²) < 4.78 is 44.7. The summed E-state index contributed by atoms with van der Waals surface area (Å²) >= 11 is 0. The van der Waals surface area contributed by atoms with Crippen LogP contribution in [0.1, 0.15) is 44.2 Å². The molecule has 1 aromatic carbocycles. The van der Waals surface area contributed by atoms with E-state index >= 15 is 0 Å². The number of phenols is 1. The number of nitrogens with one attached hydrogen (secondary N) is 1. The maximum atomic E-state index is 13.1. The van der Waals surface area contributed by atoms with Crippen molar-refractivity contribution in [2.75, 3.05) is 13.7 Å². The molecule has 1 aliphatic heterocycles. The fourth-order valence-electron chi connectivity index (χ4n) is 2.76. The molecule has 0 saturated carbocycles. The summed E-state index contributed by atoms with van der Waals surface area (Å²) in [5, 5.41) is 12.8. The number of ether oxygens (including phenoxy) is 1. The molecule has 1 aliphatic rings. The van der Waals surface area contributed by atoms with Crippen LogP contribution in [0.3, 0.4) is 0 Å². The Morgan fingerprint density at radius 1 is 1.40 bits per heavy atom. The Balaban J connectivity index is 2.52. The van der Waals surface area contributed by atoms with Crippen LogP contribution in [-0.4, -0.2) is 30.7 Å². The van der Waals surface area contributed by atoms with Gasteiger partial charge < -0.3 is 15.2 Å². The molecule has 1 saturated heterocycles. The molecule has 1 unspecified atom stereocenters. The normalized spacial score (nSPS) is 19.8. The minimum atomic E-state index is -4.63. The van der Waals surface area contributed by atoms with Crippen molar-refractivity contribution >= 4 is 11.6 Å². The summed E-state index contributed by atoms with van der Waals surface area (Å²) in [5.74, 6) is -0.333. The Hall–Kier alpha value is -2.02. The lowest BCUT2D eigenvalue weighted by molar-refractivity contribution is -0.138. The Morgan fingerprint density at radius 3 is 2.64 bits per heavy atom. The van der Waals surface area contributed by atoms with Crippen LogP contribution in [0.2, 0.25) is 0 Å². The predicted octanol–water partition coefficient (Wildman–Crippen LogP) is 4.35. The highest BCUT2D eigenvalue weighted by atomic mass is 19.4. The molecular weight excluding hydrogens is 333 g/mol. The van der Waals surface area contributed by atoms with Gasteiger partial charge in [-0.3, -0.25) is 0 Å². The Morgan fingerprint density at radius 2 is 2.12 bits per heavy atom. The minimum absolute atomic E-state index is 0.0381. The average Bonchev–Trinajstić information content (AvgIpc) is 3.09. The molecule has 0 radical (unpaired) electrons. The molecule has 2 rings (SSSR count). The van der Waals surface area contributed by atoms with Crippen LogP contribution in [0.15, 0.2) is 28.8 Å². The van der Waals surface area contributed by atoms with E-state index in [4.69, 9.17) is 4.74 Å². The summed E-state index contributed by atoms with van der Waals surface area (Å²) in [7, 11) is 1.51. The van der Waals surface area contributed by atoms with E-state index in [0.717, 1.165) is 37.1 Å². The van der Waals surface area contributed by atoms with Gasteiger partial charge in [0.05, 0.1) is 24.4 Å². The number of hydrogen-bond donors (Lipinski definition) is 2. The van der Waals surface area contributed by atoms with E-state index in [1.54, 1.807) is 0 Å². The summed E-state index contributed by atoms with van der Waals surface area (Å²) in [6, 6.07) is 3.39. The van der Waals surface area contributed by atoms with Crippen molar-refractivity contribution in [2.45, 2.75) is 45.3 Å². The van der Waals surface area contributed by atoms with E-state index in [9.17, 15) is 18.3 Å². The zero-order valence-corrected chi connectivity index (χ0v) is 14.6. The van der Waals surface area contributed by atoms with Gasteiger partial charge in [0.2, 0.25) is 5.90 Å². The summed E-state index contributed by atoms with van der Waals surface area (Å²) in [6.07, 6.45) is -2.13. The van der Waals surface area contributed by atoms with Crippen molar-refractivity contribution < 1.29 is 23.0 Å². The first-order valence-corrected chi connectivity index (χ1v) is 8.24. The van der Waals surface area contributed by atoms with Gasteiger partial charge in [0.25, 0.3) is 0 Å². The average molecular weight is 356 g/mol. The molecule has 1 aromatic rings. The van der Waals surface area contributed by atoms with E-state index in [0.29, 0.717) is 23.6 Å². The maximum Gasteiger partial charge on any atom is 0.419 e. The molecule has 25 heavy (non-hydrogen) atoms. The van der Waals surface area contributed by atoms with E-state index in [1.807, 2.05) is 13.8 Å². The number of rotatable bonds is 4. The van der Waals surface area contributed by atoms with Gasteiger partial charge >= 0.3 is 6.18 Å². The number of nitrogens with zero attached hydrogens (tertiary/aromatic N) is 1. The molecule has 0 bridgehead atoms. The highest BCUT2D eigenvalue weighted by Crippen LogP contribution is 2.38. The minimum Gasteiger partial charge on any atom is -0.507 e. The van der Waals surface area contributed by atoms with Gasteiger partial charge in [-0.1, -0.05) is 6.92 Å². The molecule has 1 fully saturated rings. The molecule has 0 amide bonds. The molecule has 2 N–H and O–H groups in total. The van der Waals surface area contributed by atoms with Gasteiger partial charge in [-0.15, -0.1) is 0 Å². The number of methoxy groups -OCH3 is 1. The van der Waals surface area contributed by atoms with Gasteiger partial charge in [0, 0.05) is 5.56 Å². The Kier molecular flexibility index (Phi) is 6.11.